The lowest BCUT2D eigenvalue weighted by atomic mass is 9.91. The summed E-state index contributed by atoms with van der Waals surface area (Å²) in [4.78, 5) is 17.9. The number of fused-ring (bicyclic) bond motifs is 1. The summed E-state index contributed by atoms with van der Waals surface area (Å²) in [6.07, 6.45) is 0.848. The summed E-state index contributed by atoms with van der Waals surface area (Å²) in [5, 5.41) is 0. The van der Waals surface area contributed by atoms with E-state index < -0.39 is 0 Å². The van der Waals surface area contributed by atoms with Crippen LogP contribution in [0.3, 0.4) is 0 Å². The molecule has 3 heteroatoms. The van der Waals surface area contributed by atoms with Gasteiger partial charge in [-0.3, -0.25) is 9.69 Å². The standard InChI is InChI=1S/C23H23NOS/c1-23(2,3)21-14-13-20(26-21)19-15-16-9-7-8-12-18(16)22(25)24(19)17-10-5-4-6-11-17/h4-14,19H,15H2,1-3H3. The number of hydrogen-bond acceptors (Lipinski definition) is 2. The molecule has 0 saturated carbocycles. The first kappa shape index (κ1) is 17.0. The van der Waals surface area contributed by atoms with Gasteiger partial charge in [-0.1, -0.05) is 57.2 Å². The molecule has 1 aromatic heterocycles. The zero-order valence-corrected chi connectivity index (χ0v) is 16.2. The summed E-state index contributed by atoms with van der Waals surface area (Å²) < 4.78 is 0. The normalized spacial score (nSPS) is 17.3. The van der Waals surface area contributed by atoms with E-state index >= 15 is 0 Å². The molecular weight excluding hydrogens is 338 g/mol. The molecular formula is C23H23NOS. The second-order valence-electron chi connectivity index (χ2n) is 7.84. The van der Waals surface area contributed by atoms with E-state index in [2.05, 4.69) is 39.0 Å². The Bertz CT molecular complexity index is 936. The summed E-state index contributed by atoms with van der Waals surface area (Å²) in [6.45, 7) is 6.71. The minimum atomic E-state index is 0.0425. The number of anilines is 1. The van der Waals surface area contributed by atoms with Gasteiger partial charge < -0.3 is 0 Å². The van der Waals surface area contributed by atoms with E-state index in [-0.39, 0.29) is 17.4 Å². The van der Waals surface area contributed by atoms with Crippen LogP contribution in [-0.4, -0.2) is 5.91 Å². The second-order valence-corrected chi connectivity index (χ2v) is 8.96. The molecule has 0 N–H and O–H groups in total. The third kappa shape index (κ3) is 2.97. The van der Waals surface area contributed by atoms with Gasteiger partial charge in [0.2, 0.25) is 0 Å². The molecule has 26 heavy (non-hydrogen) atoms. The van der Waals surface area contributed by atoms with Crippen molar-refractivity contribution in [2.75, 3.05) is 4.90 Å². The summed E-state index contributed by atoms with van der Waals surface area (Å²) >= 11 is 1.83. The third-order valence-electron chi connectivity index (χ3n) is 4.92. The van der Waals surface area contributed by atoms with Crippen molar-refractivity contribution in [1.82, 2.24) is 0 Å². The first-order valence-corrected chi connectivity index (χ1v) is 9.83. The fourth-order valence-corrected chi connectivity index (χ4v) is 4.68. The van der Waals surface area contributed by atoms with Crippen LogP contribution < -0.4 is 4.90 Å². The van der Waals surface area contributed by atoms with Gasteiger partial charge in [-0.2, -0.15) is 0 Å². The number of carbonyl (C=O) groups is 1. The van der Waals surface area contributed by atoms with Gasteiger partial charge in [0.15, 0.2) is 0 Å². The summed E-state index contributed by atoms with van der Waals surface area (Å²) in [5.74, 6) is 0.0914. The fourth-order valence-electron chi connectivity index (χ4n) is 3.53. The van der Waals surface area contributed by atoms with Crippen LogP contribution in [0.25, 0.3) is 0 Å². The van der Waals surface area contributed by atoms with Crippen molar-refractivity contribution < 1.29 is 4.79 Å². The minimum absolute atomic E-state index is 0.0425. The first-order valence-electron chi connectivity index (χ1n) is 9.02. The summed E-state index contributed by atoms with van der Waals surface area (Å²) in [5.41, 5.74) is 3.04. The number of carbonyl (C=O) groups excluding carboxylic acids is 1. The van der Waals surface area contributed by atoms with Gasteiger partial charge in [0, 0.05) is 21.0 Å². The fraction of sp³-hybridized carbons (Fsp3) is 0.261. The van der Waals surface area contributed by atoms with Crippen LogP contribution in [0.1, 0.15) is 52.5 Å². The Balaban J connectivity index is 1.83. The maximum absolute atomic E-state index is 13.3. The molecule has 1 aliphatic rings. The largest absolute Gasteiger partial charge is 0.300 e. The highest BCUT2D eigenvalue weighted by atomic mass is 32.1. The lowest BCUT2D eigenvalue weighted by Crippen LogP contribution is -2.40. The Labute approximate surface area is 159 Å². The molecule has 0 fully saturated rings. The highest BCUT2D eigenvalue weighted by molar-refractivity contribution is 7.12. The number of nitrogens with zero attached hydrogens (tertiary/aromatic N) is 1. The molecule has 1 unspecified atom stereocenters. The Morgan fingerprint density at radius 2 is 1.62 bits per heavy atom. The molecule has 0 radical (unpaired) electrons. The van der Waals surface area contributed by atoms with Crippen molar-refractivity contribution >= 4 is 22.9 Å². The number of hydrogen-bond donors (Lipinski definition) is 0. The van der Waals surface area contributed by atoms with Gasteiger partial charge in [0.1, 0.15) is 0 Å². The number of amides is 1. The van der Waals surface area contributed by atoms with E-state index in [1.807, 2.05) is 64.8 Å². The lowest BCUT2D eigenvalue weighted by molar-refractivity contribution is 0.0967. The number of thiophene rings is 1. The predicted molar refractivity (Wildman–Crippen MR) is 109 cm³/mol. The molecule has 1 aliphatic heterocycles. The Kier molecular flexibility index (Phi) is 4.20. The van der Waals surface area contributed by atoms with Crippen molar-refractivity contribution in [2.45, 2.75) is 38.6 Å². The number of benzene rings is 2. The quantitative estimate of drug-likeness (QED) is 0.549. The maximum Gasteiger partial charge on any atom is 0.259 e. The third-order valence-corrected chi connectivity index (χ3v) is 6.53. The molecule has 1 atom stereocenters. The van der Waals surface area contributed by atoms with Crippen LogP contribution in [0.2, 0.25) is 0 Å². The second kappa shape index (κ2) is 6.40. The van der Waals surface area contributed by atoms with Crippen LogP contribution in [-0.2, 0) is 11.8 Å². The Morgan fingerprint density at radius 1 is 0.923 bits per heavy atom. The zero-order chi connectivity index (χ0) is 18.3. The monoisotopic (exact) mass is 361 g/mol. The summed E-state index contributed by atoms with van der Waals surface area (Å²) in [7, 11) is 0. The Hall–Kier alpha value is -2.39. The Morgan fingerprint density at radius 3 is 2.31 bits per heavy atom. The van der Waals surface area contributed by atoms with E-state index in [1.54, 1.807) is 0 Å². The van der Waals surface area contributed by atoms with E-state index in [9.17, 15) is 4.79 Å². The van der Waals surface area contributed by atoms with Gasteiger partial charge >= 0.3 is 0 Å². The smallest absolute Gasteiger partial charge is 0.259 e. The highest BCUT2D eigenvalue weighted by Crippen LogP contribution is 2.41. The van der Waals surface area contributed by atoms with E-state index in [0.29, 0.717) is 0 Å². The molecule has 0 aliphatic carbocycles. The topological polar surface area (TPSA) is 20.3 Å². The molecule has 1 amide bonds. The van der Waals surface area contributed by atoms with Gasteiger partial charge in [0.25, 0.3) is 5.91 Å². The van der Waals surface area contributed by atoms with Crippen molar-refractivity contribution in [3.05, 3.63) is 87.6 Å². The highest BCUT2D eigenvalue weighted by Gasteiger charge is 2.35. The molecule has 0 bridgehead atoms. The van der Waals surface area contributed by atoms with Gasteiger partial charge in [-0.05, 0) is 47.7 Å². The van der Waals surface area contributed by atoms with Crippen LogP contribution in [0.5, 0.6) is 0 Å². The molecule has 0 saturated heterocycles. The van der Waals surface area contributed by atoms with Crippen molar-refractivity contribution in [3.63, 3.8) is 0 Å². The molecule has 132 valence electrons. The number of rotatable bonds is 2. The minimum Gasteiger partial charge on any atom is -0.300 e. The van der Waals surface area contributed by atoms with Crippen molar-refractivity contribution in [3.8, 4) is 0 Å². The van der Waals surface area contributed by atoms with Gasteiger partial charge in [-0.15, -0.1) is 11.3 Å². The molecule has 4 rings (SSSR count). The van der Waals surface area contributed by atoms with E-state index in [4.69, 9.17) is 0 Å². The van der Waals surface area contributed by atoms with Crippen LogP contribution >= 0.6 is 11.3 Å². The molecule has 3 aromatic rings. The van der Waals surface area contributed by atoms with Crippen LogP contribution in [0.15, 0.2) is 66.7 Å². The molecule has 2 aromatic carbocycles. The first-order chi connectivity index (χ1) is 12.4. The maximum atomic E-state index is 13.3. The van der Waals surface area contributed by atoms with Gasteiger partial charge in [0.05, 0.1) is 6.04 Å². The van der Waals surface area contributed by atoms with Crippen LogP contribution in [0, 0.1) is 0 Å². The lowest BCUT2D eigenvalue weighted by Gasteiger charge is -2.36. The predicted octanol–water partition coefficient (Wildman–Crippen LogP) is 5.99. The van der Waals surface area contributed by atoms with Gasteiger partial charge in [-0.25, -0.2) is 0 Å². The van der Waals surface area contributed by atoms with Crippen molar-refractivity contribution in [1.29, 1.82) is 0 Å². The average molecular weight is 362 g/mol. The average Bonchev–Trinajstić information content (AvgIpc) is 3.13. The number of para-hydroxylation sites is 1. The molecule has 2 nitrogen and oxygen atoms in total. The summed E-state index contributed by atoms with van der Waals surface area (Å²) in [6, 6.07) is 22.5. The van der Waals surface area contributed by atoms with Crippen molar-refractivity contribution in [2.24, 2.45) is 0 Å². The zero-order valence-electron chi connectivity index (χ0n) is 15.4. The van der Waals surface area contributed by atoms with Crippen LogP contribution in [0.4, 0.5) is 5.69 Å². The molecule has 0 spiro atoms. The van der Waals surface area contributed by atoms with E-state index in [1.165, 1.54) is 9.75 Å². The molecule has 2 heterocycles. The SMILES string of the molecule is CC(C)(C)c1ccc(C2Cc3ccccc3C(=O)N2c2ccccc2)s1. The van der Waals surface area contributed by atoms with E-state index in [0.717, 1.165) is 23.2 Å².